The number of halogens is 1. The molecule has 5 heteroatoms. The fourth-order valence-electron chi connectivity index (χ4n) is 1.46. The molecule has 1 rings (SSSR count). The first-order valence-electron chi connectivity index (χ1n) is 5.53. The third-order valence-electron chi connectivity index (χ3n) is 2.80. The van der Waals surface area contributed by atoms with Crippen molar-refractivity contribution in [2.24, 2.45) is 5.92 Å². The van der Waals surface area contributed by atoms with Crippen molar-refractivity contribution in [2.75, 3.05) is 12.4 Å². The first-order chi connectivity index (χ1) is 8.49. The Morgan fingerprint density at radius 1 is 1.50 bits per heavy atom. The third kappa shape index (κ3) is 3.20. The van der Waals surface area contributed by atoms with Gasteiger partial charge in [-0.3, -0.25) is 4.79 Å². The molecule has 2 unspecified atom stereocenters. The van der Waals surface area contributed by atoms with Crippen LogP contribution in [-0.2, 0) is 9.53 Å². The van der Waals surface area contributed by atoms with Crippen LogP contribution >= 0.6 is 0 Å². The molecule has 0 radical (unpaired) electrons. The van der Waals surface area contributed by atoms with Crippen molar-refractivity contribution in [1.82, 2.24) is 0 Å². The zero-order valence-corrected chi connectivity index (χ0v) is 10.5. The number of nitrogens with zero attached hydrogens (tertiary/aromatic N) is 1. The number of nitrogens with one attached hydrogen (secondary N) is 1. The van der Waals surface area contributed by atoms with Gasteiger partial charge in [0.25, 0.3) is 0 Å². The number of hydrogen-bond acceptors (Lipinski definition) is 4. The molecule has 0 aliphatic carbocycles. The monoisotopic (exact) mass is 250 g/mol. The Balaban J connectivity index is 2.79. The van der Waals surface area contributed by atoms with Gasteiger partial charge in [0.2, 0.25) is 0 Å². The van der Waals surface area contributed by atoms with Gasteiger partial charge in [0.15, 0.2) is 0 Å². The van der Waals surface area contributed by atoms with Crippen molar-refractivity contribution in [2.45, 2.75) is 19.9 Å². The maximum absolute atomic E-state index is 13.6. The van der Waals surface area contributed by atoms with E-state index in [1.54, 1.807) is 13.8 Å². The number of rotatable bonds is 4. The summed E-state index contributed by atoms with van der Waals surface area (Å²) in [6.07, 6.45) is 0. The molecule has 0 heterocycles. The van der Waals surface area contributed by atoms with E-state index in [1.807, 2.05) is 6.07 Å². The highest BCUT2D eigenvalue weighted by Gasteiger charge is 2.21. The van der Waals surface area contributed by atoms with Crippen molar-refractivity contribution >= 4 is 11.7 Å². The molecule has 0 bridgehead atoms. The van der Waals surface area contributed by atoms with Crippen LogP contribution in [0.4, 0.5) is 10.1 Å². The lowest BCUT2D eigenvalue weighted by atomic mass is 10.0. The van der Waals surface area contributed by atoms with E-state index in [4.69, 9.17) is 5.26 Å². The van der Waals surface area contributed by atoms with Gasteiger partial charge in [-0.1, -0.05) is 0 Å². The summed E-state index contributed by atoms with van der Waals surface area (Å²) in [6.45, 7) is 3.46. The van der Waals surface area contributed by atoms with Gasteiger partial charge in [0.05, 0.1) is 30.3 Å². The normalized spacial score (nSPS) is 13.3. The van der Waals surface area contributed by atoms with E-state index in [-0.39, 0.29) is 23.3 Å². The molecule has 0 saturated heterocycles. The molecule has 1 N–H and O–H groups in total. The summed E-state index contributed by atoms with van der Waals surface area (Å²) in [7, 11) is 1.31. The minimum atomic E-state index is -0.516. The minimum Gasteiger partial charge on any atom is -0.469 e. The summed E-state index contributed by atoms with van der Waals surface area (Å²) < 4.78 is 18.2. The van der Waals surface area contributed by atoms with Gasteiger partial charge in [0, 0.05) is 6.04 Å². The fraction of sp³-hybridized carbons (Fsp3) is 0.385. The Kier molecular flexibility index (Phi) is 4.67. The molecular formula is C13H15FN2O2. The Labute approximate surface area is 105 Å². The smallest absolute Gasteiger partial charge is 0.310 e. The van der Waals surface area contributed by atoms with Gasteiger partial charge >= 0.3 is 5.97 Å². The first-order valence-corrected chi connectivity index (χ1v) is 5.53. The number of hydrogen-bond donors (Lipinski definition) is 1. The molecule has 0 aliphatic heterocycles. The van der Waals surface area contributed by atoms with E-state index in [1.165, 1.54) is 19.2 Å². The van der Waals surface area contributed by atoms with Crippen molar-refractivity contribution in [3.63, 3.8) is 0 Å². The van der Waals surface area contributed by atoms with E-state index in [2.05, 4.69) is 10.1 Å². The Morgan fingerprint density at radius 3 is 2.67 bits per heavy atom. The molecule has 18 heavy (non-hydrogen) atoms. The summed E-state index contributed by atoms with van der Waals surface area (Å²) in [4.78, 5) is 11.3. The van der Waals surface area contributed by atoms with Crippen LogP contribution in [-0.4, -0.2) is 19.1 Å². The highest BCUT2D eigenvalue weighted by molar-refractivity contribution is 5.73. The first kappa shape index (κ1) is 14.0. The number of carbonyl (C=O) groups is 1. The van der Waals surface area contributed by atoms with E-state index in [0.717, 1.165) is 6.07 Å². The molecule has 4 nitrogen and oxygen atoms in total. The van der Waals surface area contributed by atoms with Crippen LogP contribution < -0.4 is 5.32 Å². The second-order valence-electron chi connectivity index (χ2n) is 4.05. The SMILES string of the molecule is COC(=O)C(C)C(C)Nc1ccc(C#N)cc1F. The second kappa shape index (κ2) is 6.01. The van der Waals surface area contributed by atoms with Crippen molar-refractivity contribution in [1.29, 1.82) is 5.26 Å². The zero-order valence-electron chi connectivity index (χ0n) is 10.5. The zero-order chi connectivity index (χ0) is 13.7. The van der Waals surface area contributed by atoms with Crippen LogP contribution in [0.3, 0.4) is 0 Å². The Morgan fingerprint density at radius 2 is 2.17 bits per heavy atom. The average molecular weight is 250 g/mol. The topological polar surface area (TPSA) is 62.1 Å². The van der Waals surface area contributed by atoms with Crippen molar-refractivity contribution < 1.29 is 13.9 Å². The number of benzene rings is 1. The number of esters is 1. The van der Waals surface area contributed by atoms with Crippen LogP contribution in [0, 0.1) is 23.1 Å². The number of anilines is 1. The van der Waals surface area contributed by atoms with Gasteiger partial charge in [-0.05, 0) is 32.0 Å². The van der Waals surface area contributed by atoms with Gasteiger partial charge in [0.1, 0.15) is 5.82 Å². The van der Waals surface area contributed by atoms with Gasteiger partial charge in [-0.25, -0.2) is 4.39 Å². The average Bonchev–Trinajstić information content (AvgIpc) is 2.38. The predicted octanol–water partition coefficient (Wildman–Crippen LogP) is 2.31. The standard InChI is InChI=1S/C13H15FN2O2/c1-8(13(17)18-3)9(2)16-12-5-4-10(7-15)6-11(12)14/h4-6,8-9,16H,1-3H3. The van der Waals surface area contributed by atoms with Gasteiger partial charge < -0.3 is 10.1 Å². The lowest BCUT2D eigenvalue weighted by Gasteiger charge is -2.20. The number of carbonyl (C=O) groups excluding carboxylic acids is 1. The van der Waals surface area contributed by atoms with Crippen LogP contribution in [0.25, 0.3) is 0 Å². The molecule has 2 atom stereocenters. The van der Waals surface area contributed by atoms with Crippen LogP contribution in [0.5, 0.6) is 0 Å². The number of nitriles is 1. The molecule has 0 amide bonds. The maximum Gasteiger partial charge on any atom is 0.310 e. The third-order valence-corrected chi connectivity index (χ3v) is 2.80. The molecule has 1 aromatic rings. The highest BCUT2D eigenvalue weighted by atomic mass is 19.1. The van der Waals surface area contributed by atoms with E-state index < -0.39 is 11.7 Å². The Hall–Kier alpha value is -2.09. The molecule has 0 aromatic heterocycles. The molecule has 0 fully saturated rings. The summed E-state index contributed by atoms with van der Waals surface area (Å²) in [5.74, 6) is -1.27. The van der Waals surface area contributed by atoms with E-state index in [0.29, 0.717) is 0 Å². The summed E-state index contributed by atoms with van der Waals surface area (Å²) in [5, 5.41) is 11.5. The molecular weight excluding hydrogens is 235 g/mol. The largest absolute Gasteiger partial charge is 0.469 e. The Bertz CT molecular complexity index is 482. The van der Waals surface area contributed by atoms with Gasteiger partial charge in [-0.2, -0.15) is 5.26 Å². The van der Waals surface area contributed by atoms with Gasteiger partial charge in [-0.15, -0.1) is 0 Å². The van der Waals surface area contributed by atoms with Crippen LogP contribution in [0.1, 0.15) is 19.4 Å². The lowest BCUT2D eigenvalue weighted by molar-refractivity contribution is -0.145. The second-order valence-corrected chi connectivity index (χ2v) is 4.05. The molecule has 1 aromatic carbocycles. The molecule has 0 aliphatic rings. The highest BCUT2D eigenvalue weighted by Crippen LogP contribution is 2.18. The van der Waals surface area contributed by atoms with E-state index in [9.17, 15) is 9.18 Å². The van der Waals surface area contributed by atoms with Crippen molar-refractivity contribution in [3.05, 3.63) is 29.6 Å². The summed E-state index contributed by atoms with van der Waals surface area (Å²) >= 11 is 0. The van der Waals surface area contributed by atoms with Crippen LogP contribution in [0.2, 0.25) is 0 Å². The van der Waals surface area contributed by atoms with E-state index >= 15 is 0 Å². The lowest BCUT2D eigenvalue weighted by Crippen LogP contribution is -2.31. The van der Waals surface area contributed by atoms with Crippen molar-refractivity contribution in [3.8, 4) is 6.07 Å². The number of methoxy groups -OCH3 is 1. The quantitative estimate of drug-likeness (QED) is 0.833. The molecule has 0 spiro atoms. The maximum atomic E-state index is 13.6. The van der Waals surface area contributed by atoms with Crippen LogP contribution in [0.15, 0.2) is 18.2 Å². The summed E-state index contributed by atoms with van der Waals surface area (Å²) in [5.41, 5.74) is 0.518. The summed E-state index contributed by atoms with van der Waals surface area (Å²) in [6, 6.07) is 5.72. The minimum absolute atomic E-state index is 0.256. The molecule has 0 saturated carbocycles. The molecule has 96 valence electrons. The number of ether oxygens (including phenoxy) is 1. The fourth-order valence-corrected chi connectivity index (χ4v) is 1.46. The predicted molar refractivity (Wildman–Crippen MR) is 65.4 cm³/mol.